The molecule has 1 saturated heterocycles. The highest BCUT2D eigenvalue weighted by molar-refractivity contribution is 7.17. The Kier molecular flexibility index (Phi) is 7.77. The number of aryl methyl sites for hydroxylation is 2. The third-order valence-electron chi connectivity index (χ3n) is 6.54. The fourth-order valence-corrected chi connectivity index (χ4v) is 5.28. The number of unbranched alkanes of at least 4 members (excludes halogenated alkanes) is 1. The molecule has 2 aromatic heterocycles. The standard InChI is InChI=1S/C26H32N4O3S/c1-3-4-12-27-24(32)20-9-13-29(14-10-20)22(31)11-15-30-17-28-25-23(26(30)33)21(16-34-25)19-7-5-18(2)6-8-19/h5-8,16-17,20H,3-4,9-15H2,1-2H3,(H,27,32). The molecular formula is C26H32N4O3S. The van der Waals surface area contributed by atoms with Crippen molar-refractivity contribution in [3.63, 3.8) is 0 Å². The molecule has 4 rings (SSSR count). The van der Waals surface area contributed by atoms with Crippen LogP contribution in [0, 0.1) is 12.8 Å². The first-order valence-electron chi connectivity index (χ1n) is 12.1. The van der Waals surface area contributed by atoms with Crippen LogP contribution in [0.4, 0.5) is 0 Å². The summed E-state index contributed by atoms with van der Waals surface area (Å²) in [6, 6.07) is 8.10. The van der Waals surface area contributed by atoms with Crippen molar-refractivity contribution >= 4 is 33.4 Å². The summed E-state index contributed by atoms with van der Waals surface area (Å²) in [5, 5.41) is 5.58. The first kappa shape index (κ1) is 24.1. The van der Waals surface area contributed by atoms with E-state index in [0.717, 1.165) is 30.5 Å². The van der Waals surface area contributed by atoms with Crippen molar-refractivity contribution in [1.29, 1.82) is 0 Å². The van der Waals surface area contributed by atoms with Gasteiger partial charge in [-0.2, -0.15) is 0 Å². The smallest absolute Gasteiger partial charge is 0.262 e. The fraction of sp³-hybridized carbons (Fsp3) is 0.462. The number of fused-ring (bicyclic) bond motifs is 1. The number of rotatable bonds is 8. The van der Waals surface area contributed by atoms with E-state index in [1.54, 1.807) is 10.9 Å². The molecule has 8 heteroatoms. The van der Waals surface area contributed by atoms with E-state index in [1.807, 2.05) is 41.5 Å². The molecule has 1 aliphatic rings. The van der Waals surface area contributed by atoms with E-state index in [2.05, 4.69) is 17.2 Å². The Labute approximate surface area is 203 Å². The molecule has 3 heterocycles. The predicted octanol–water partition coefficient (Wildman–Crippen LogP) is 3.98. The van der Waals surface area contributed by atoms with Gasteiger partial charge in [0.1, 0.15) is 4.83 Å². The molecule has 0 radical (unpaired) electrons. The van der Waals surface area contributed by atoms with Crippen molar-refractivity contribution in [2.24, 2.45) is 5.92 Å². The number of carbonyl (C=O) groups excluding carboxylic acids is 2. The molecule has 0 atom stereocenters. The average molecular weight is 481 g/mol. The average Bonchev–Trinajstić information content (AvgIpc) is 3.29. The quantitative estimate of drug-likeness (QED) is 0.494. The van der Waals surface area contributed by atoms with Crippen LogP contribution in [0.25, 0.3) is 21.3 Å². The zero-order chi connectivity index (χ0) is 24.1. The van der Waals surface area contributed by atoms with E-state index in [4.69, 9.17) is 0 Å². The van der Waals surface area contributed by atoms with Crippen LogP contribution in [0.15, 0.2) is 40.8 Å². The number of nitrogens with one attached hydrogen (secondary N) is 1. The summed E-state index contributed by atoms with van der Waals surface area (Å²) in [4.78, 5) is 45.3. The summed E-state index contributed by atoms with van der Waals surface area (Å²) < 4.78 is 1.54. The van der Waals surface area contributed by atoms with E-state index < -0.39 is 0 Å². The number of piperidine rings is 1. The molecule has 1 fully saturated rings. The number of likely N-dealkylation sites (tertiary alicyclic amines) is 1. The lowest BCUT2D eigenvalue weighted by Crippen LogP contribution is -2.43. The van der Waals surface area contributed by atoms with E-state index in [-0.39, 0.29) is 29.7 Å². The summed E-state index contributed by atoms with van der Waals surface area (Å²) in [7, 11) is 0. The van der Waals surface area contributed by atoms with E-state index in [1.165, 1.54) is 16.9 Å². The largest absolute Gasteiger partial charge is 0.356 e. The van der Waals surface area contributed by atoms with Crippen LogP contribution >= 0.6 is 11.3 Å². The van der Waals surface area contributed by atoms with Crippen LogP contribution in [-0.4, -0.2) is 45.9 Å². The lowest BCUT2D eigenvalue weighted by Gasteiger charge is -2.31. The van der Waals surface area contributed by atoms with Crippen molar-refractivity contribution in [3.05, 3.63) is 51.9 Å². The van der Waals surface area contributed by atoms with E-state index in [0.29, 0.717) is 42.7 Å². The lowest BCUT2D eigenvalue weighted by molar-refractivity contribution is -0.135. The number of hydrogen-bond acceptors (Lipinski definition) is 5. The van der Waals surface area contributed by atoms with Crippen LogP contribution < -0.4 is 10.9 Å². The van der Waals surface area contributed by atoms with Gasteiger partial charge in [-0.1, -0.05) is 43.2 Å². The molecule has 0 unspecified atom stereocenters. The van der Waals surface area contributed by atoms with Crippen molar-refractivity contribution in [3.8, 4) is 11.1 Å². The predicted molar refractivity (Wildman–Crippen MR) is 136 cm³/mol. The van der Waals surface area contributed by atoms with Crippen LogP contribution in [0.3, 0.4) is 0 Å². The summed E-state index contributed by atoms with van der Waals surface area (Å²) >= 11 is 1.46. The molecular weight excluding hydrogens is 448 g/mol. The minimum atomic E-state index is -0.114. The van der Waals surface area contributed by atoms with Gasteiger partial charge in [0.2, 0.25) is 11.8 Å². The zero-order valence-corrected chi connectivity index (χ0v) is 20.7. The number of carbonyl (C=O) groups is 2. The van der Waals surface area contributed by atoms with Gasteiger partial charge in [-0.05, 0) is 31.7 Å². The third-order valence-corrected chi connectivity index (χ3v) is 7.42. The summed E-state index contributed by atoms with van der Waals surface area (Å²) in [6.45, 7) is 6.31. The molecule has 0 spiro atoms. The van der Waals surface area contributed by atoms with Gasteiger partial charge in [0.15, 0.2) is 0 Å². The molecule has 34 heavy (non-hydrogen) atoms. The molecule has 0 bridgehead atoms. The van der Waals surface area contributed by atoms with Crippen LogP contribution in [0.2, 0.25) is 0 Å². The van der Waals surface area contributed by atoms with Crippen molar-refractivity contribution in [1.82, 2.24) is 19.8 Å². The Morgan fingerprint density at radius 1 is 1.18 bits per heavy atom. The van der Waals surface area contributed by atoms with Crippen molar-refractivity contribution < 1.29 is 9.59 Å². The Balaban J connectivity index is 1.37. The maximum absolute atomic E-state index is 13.2. The lowest BCUT2D eigenvalue weighted by atomic mass is 9.95. The second-order valence-electron chi connectivity index (χ2n) is 8.99. The SMILES string of the molecule is CCCCNC(=O)C1CCN(C(=O)CCn2cnc3scc(-c4ccc(C)cc4)c3c2=O)CC1. The van der Waals surface area contributed by atoms with E-state index >= 15 is 0 Å². The van der Waals surface area contributed by atoms with Crippen LogP contribution in [-0.2, 0) is 16.1 Å². The fourth-order valence-electron chi connectivity index (χ4n) is 4.37. The van der Waals surface area contributed by atoms with Crippen LogP contribution in [0.5, 0.6) is 0 Å². The highest BCUT2D eigenvalue weighted by atomic mass is 32.1. The summed E-state index contributed by atoms with van der Waals surface area (Å²) in [6.07, 6.45) is 5.20. The Bertz CT molecular complexity index is 1210. The Hall–Kier alpha value is -3.00. The number of nitrogens with zero attached hydrogens (tertiary/aromatic N) is 3. The molecule has 2 amide bonds. The number of aromatic nitrogens is 2. The normalized spacial score (nSPS) is 14.5. The molecule has 1 aliphatic heterocycles. The Morgan fingerprint density at radius 3 is 2.62 bits per heavy atom. The van der Waals surface area contributed by atoms with Gasteiger partial charge >= 0.3 is 0 Å². The van der Waals surface area contributed by atoms with Crippen molar-refractivity contribution in [2.75, 3.05) is 19.6 Å². The van der Waals surface area contributed by atoms with Gasteiger partial charge < -0.3 is 10.2 Å². The molecule has 180 valence electrons. The number of benzene rings is 1. The molecule has 1 aromatic carbocycles. The maximum Gasteiger partial charge on any atom is 0.262 e. The molecule has 1 N–H and O–H groups in total. The van der Waals surface area contributed by atoms with E-state index in [9.17, 15) is 14.4 Å². The minimum absolute atomic E-state index is 0.0147. The van der Waals surface area contributed by atoms with Gasteiger partial charge in [0.05, 0.1) is 11.7 Å². The van der Waals surface area contributed by atoms with Gasteiger partial charge in [-0.15, -0.1) is 11.3 Å². The first-order chi connectivity index (χ1) is 16.5. The highest BCUT2D eigenvalue weighted by Crippen LogP contribution is 2.30. The second-order valence-corrected chi connectivity index (χ2v) is 9.85. The van der Waals surface area contributed by atoms with Crippen LogP contribution in [0.1, 0.15) is 44.6 Å². The molecule has 7 nitrogen and oxygen atoms in total. The number of thiophene rings is 1. The van der Waals surface area contributed by atoms with Crippen molar-refractivity contribution in [2.45, 2.75) is 52.5 Å². The second kappa shape index (κ2) is 11.0. The third kappa shape index (κ3) is 5.38. The van der Waals surface area contributed by atoms with Gasteiger partial charge in [0, 0.05) is 49.5 Å². The van der Waals surface area contributed by atoms with Gasteiger partial charge in [0.25, 0.3) is 5.56 Å². The summed E-state index contributed by atoms with van der Waals surface area (Å²) in [5.41, 5.74) is 2.93. The monoisotopic (exact) mass is 480 g/mol. The van der Waals surface area contributed by atoms with Gasteiger partial charge in [-0.3, -0.25) is 19.0 Å². The highest BCUT2D eigenvalue weighted by Gasteiger charge is 2.27. The Morgan fingerprint density at radius 2 is 1.91 bits per heavy atom. The number of hydrogen-bond donors (Lipinski definition) is 1. The molecule has 0 saturated carbocycles. The topological polar surface area (TPSA) is 84.3 Å². The zero-order valence-electron chi connectivity index (χ0n) is 19.9. The summed E-state index contributed by atoms with van der Waals surface area (Å²) in [5.74, 6) is 0.0986. The number of amides is 2. The van der Waals surface area contributed by atoms with Gasteiger partial charge in [-0.25, -0.2) is 4.98 Å². The first-order valence-corrected chi connectivity index (χ1v) is 12.9. The molecule has 3 aromatic rings. The molecule has 0 aliphatic carbocycles. The minimum Gasteiger partial charge on any atom is -0.356 e. The maximum atomic E-state index is 13.2.